The third kappa shape index (κ3) is 0.970. The van der Waals surface area contributed by atoms with Gasteiger partial charge in [0, 0.05) is 6.07 Å². The Bertz CT molecular complexity index is 371. The minimum Gasteiger partial charge on any atom is -0.417 e. The lowest BCUT2D eigenvalue weighted by molar-refractivity contribution is 0.109. The highest BCUT2D eigenvalue weighted by molar-refractivity contribution is 9.10. The molecular formula is C6H2BrNO3. The van der Waals surface area contributed by atoms with E-state index in [-0.39, 0.29) is 11.7 Å². The van der Waals surface area contributed by atoms with Gasteiger partial charge in [0.15, 0.2) is 10.2 Å². The van der Waals surface area contributed by atoms with Crippen molar-refractivity contribution in [2.45, 2.75) is 0 Å². The standard InChI is InChI=1S/C6H2BrNO3/c7-4-1-3-6(10-4)11-5(2-9)8-3/h1-2H. The van der Waals surface area contributed by atoms with Gasteiger partial charge in [-0.25, -0.2) is 4.98 Å². The molecule has 0 amide bonds. The van der Waals surface area contributed by atoms with Crippen LogP contribution in [0.3, 0.4) is 0 Å². The fraction of sp³-hybridized carbons (Fsp3) is 0. The lowest BCUT2D eigenvalue weighted by Crippen LogP contribution is -1.74. The predicted molar refractivity (Wildman–Crippen MR) is 39.4 cm³/mol. The van der Waals surface area contributed by atoms with Crippen molar-refractivity contribution in [2.24, 2.45) is 0 Å². The van der Waals surface area contributed by atoms with Crippen molar-refractivity contribution in [1.82, 2.24) is 4.98 Å². The van der Waals surface area contributed by atoms with Gasteiger partial charge in [-0.2, -0.15) is 0 Å². The van der Waals surface area contributed by atoms with Gasteiger partial charge in [-0.3, -0.25) is 4.79 Å². The molecule has 2 aromatic heterocycles. The summed E-state index contributed by atoms with van der Waals surface area (Å²) in [6.07, 6.45) is 0.531. The molecule has 2 rings (SSSR count). The first kappa shape index (κ1) is 6.60. The number of nitrogens with zero attached hydrogens (tertiary/aromatic N) is 1. The summed E-state index contributed by atoms with van der Waals surface area (Å²) in [5, 5.41) is 0. The second-order valence-electron chi connectivity index (χ2n) is 1.89. The first-order valence-corrected chi connectivity index (χ1v) is 3.60. The maximum Gasteiger partial charge on any atom is 0.319 e. The van der Waals surface area contributed by atoms with Crippen LogP contribution >= 0.6 is 15.9 Å². The molecule has 0 fully saturated rings. The number of halogens is 1. The summed E-state index contributed by atoms with van der Waals surface area (Å²) < 4.78 is 10.4. The molecule has 5 heteroatoms. The largest absolute Gasteiger partial charge is 0.417 e. The van der Waals surface area contributed by atoms with E-state index in [1.807, 2.05) is 0 Å². The third-order valence-electron chi connectivity index (χ3n) is 1.18. The average molecular weight is 216 g/mol. The number of hydrogen-bond donors (Lipinski definition) is 0. The van der Waals surface area contributed by atoms with E-state index in [9.17, 15) is 4.79 Å². The van der Waals surface area contributed by atoms with Crippen molar-refractivity contribution < 1.29 is 13.6 Å². The van der Waals surface area contributed by atoms with Gasteiger partial charge in [-0.05, 0) is 15.9 Å². The first-order valence-electron chi connectivity index (χ1n) is 2.80. The van der Waals surface area contributed by atoms with Crippen LogP contribution in [-0.4, -0.2) is 11.3 Å². The Labute approximate surface area is 69.3 Å². The zero-order valence-corrected chi connectivity index (χ0v) is 6.79. The molecule has 0 saturated carbocycles. The summed E-state index contributed by atoms with van der Waals surface area (Å²) in [6.45, 7) is 0. The molecule has 0 N–H and O–H groups in total. The molecule has 0 unspecified atom stereocenters. The third-order valence-corrected chi connectivity index (χ3v) is 1.57. The van der Waals surface area contributed by atoms with Gasteiger partial charge >= 0.3 is 5.78 Å². The summed E-state index contributed by atoms with van der Waals surface area (Å²) >= 11 is 3.10. The van der Waals surface area contributed by atoms with Gasteiger partial charge in [-0.1, -0.05) is 0 Å². The molecule has 2 aromatic rings. The summed E-state index contributed by atoms with van der Waals surface area (Å²) in [7, 11) is 0. The van der Waals surface area contributed by atoms with E-state index in [1.165, 1.54) is 0 Å². The van der Waals surface area contributed by atoms with Crippen molar-refractivity contribution in [3.63, 3.8) is 0 Å². The molecule has 56 valence electrons. The normalized spacial score (nSPS) is 10.6. The second-order valence-corrected chi connectivity index (χ2v) is 2.67. The van der Waals surface area contributed by atoms with Crippen LogP contribution in [-0.2, 0) is 0 Å². The maximum atomic E-state index is 10.1. The molecule has 0 atom stereocenters. The topological polar surface area (TPSA) is 56.2 Å². The molecule has 0 aliphatic rings. The minimum atomic E-state index is 0.0336. The summed E-state index contributed by atoms with van der Waals surface area (Å²) in [4.78, 5) is 13.9. The Hall–Kier alpha value is -1.10. The van der Waals surface area contributed by atoms with Crippen molar-refractivity contribution in [2.75, 3.05) is 0 Å². The monoisotopic (exact) mass is 215 g/mol. The highest BCUT2D eigenvalue weighted by Gasteiger charge is 2.09. The number of rotatable bonds is 1. The molecule has 0 aliphatic carbocycles. The first-order chi connectivity index (χ1) is 5.29. The molecule has 0 saturated heterocycles. The zero-order chi connectivity index (χ0) is 7.84. The summed E-state index contributed by atoms with van der Waals surface area (Å²) in [5.74, 6) is 0.297. The molecule has 0 radical (unpaired) electrons. The molecule has 4 nitrogen and oxygen atoms in total. The smallest absolute Gasteiger partial charge is 0.319 e. The van der Waals surface area contributed by atoms with Crippen molar-refractivity contribution in [3.8, 4) is 0 Å². The zero-order valence-electron chi connectivity index (χ0n) is 5.20. The Morgan fingerprint density at radius 1 is 1.55 bits per heavy atom. The van der Waals surface area contributed by atoms with Gasteiger partial charge in [0.05, 0.1) is 0 Å². The number of oxazole rings is 1. The number of carbonyl (C=O) groups excluding carboxylic acids is 1. The molecule has 0 aliphatic heterocycles. The fourth-order valence-corrected chi connectivity index (χ4v) is 1.14. The quantitative estimate of drug-likeness (QED) is 0.684. The van der Waals surface area contributed by atoms with Gasteiger partial charge in [0.25, 0.3) is 5.89 Å². The average Bonchev–Trinajstić information content (AvgIpc) is 2.43. The van der Waals surface area contributed by atoms with Gasteiger partial charge in [0.2, 0.25) is 6.29 Å². The van der Waals surface area contributed by atoms with Crippen molar-refractivity contribution in [3.05, 3.63) is 16.6 Å². The second kappa shape index (κ2) is 2.20. The van der Waals surface area contributed by atoms with E-state index in [1.54, 1.807) is 6.07 Å². The van der Waals surface area contributed by atoms with Gasteiger partial charge in [0.1, 0.15) is 0 Å². The molecule has 0 aromatic carbocycles. The SMILES string of the molecule is O=Cc1nc2cc(Br)oc2o1. The van der Waals surface area contributed by atoms with E-state index < -0.39 is 0 Å². The van der Waals surface area contributed by atoms with Crippen LogP contribution in [0.4, 0.5) is 0 Å². The van der Waals surface area contributed by atoms with Crippen LogP contribution in [0.25, 0.3) is 11.3 Å². The fourth-order valence-electron chi connectivity index (χ4n) is 0.775. The van der Waals surface area contributed by atoms with Gasteiger partial charge < -0.3 is 8.83 Å². The van der Waals surface area contributed by atoms with Crippen LogP contribution in [0.5, 0.6) is 0 Å². The van der Waals surface area contributed by atoms with Crippen molar-refractivity contribution in [1.29, 1.82) is 0 Å². The van der Waals surface area contributed by atoms with E-state index in [4.69, 9.17) is 8.83 Å². The van der Waals surface area contributed by atoms with Gasteiger partial charge in [-0.15, -0.1) is 0 Å². The van der Waals surface area contributed by atoms with Crippen LogP contribution in [0.2, 0.25) is 0 Å². The maximum absolute atomic E-state index is 10.1. The van der Waals surface area contributed by atoms with Crippen LogP contribution < -0.4 is 0 Å². The lowest BCUT2D eigenvalue weighted by atomic mass is 10.6. The van der Waals surface area contributed by atoms with Crippen LogP contribution in [0.15, 0.2) is 19.6 Å². The summed E-state index contributed by atoms with van der Waals surface area (Å²) in [5.41, 5.74) is 0.541. The lowest BCUT2D eigenvalue weighted by Gasteiger charge is -1.75. The number of aldehydes is 1. The molecule has 2 heterocycles. The molecule has 0 bridgehead atoms. The highest BCUT2D eigenvalue weighted by Crippen LogP contribution is 2.22. The minimum absolute atomic E-state index is 0.0336. The molecular weight excluding hydrogens is 214 g/mol. The number of carbonyl (C=O) groups is 1. The van der Waals surface area contributed by atoms with Crippen LogP contribution in [0, 0.1) is 0 Å². The number of furan rings is 1. The van der Waals surface area contributed by atoms with E-state index >= 15 is 0 Å². The molecule has 0 spiro atoms. The van der Waals surface area contributed by atoms with E-state index in [0.717, 1.165) is 0 Å². The Balaban J connectivity index is 2.72. The van der Waals surface area contributed by atoms with E-state index in [0.29, 0.717) is 16.5 Å². The highest BCUT2D eigenvalue weighted by atomic mass is 79.9. The molecule has 11 heavy (non-hydrogen) atoms. The van der Waals surface area contributed by atoms with Crippen molar-refractivity contribution >= 4 is 33.5 Å². The predicted octanol–water partition coefficient (Wildman–Crippen LogP) is 2.00. The summed E-state index contributed by atoms with van der Waals surface area (Å²) in [6, 6.07) is 1.63. The Kier molecular flexibility index (Phi) is 1.32. The number of fused-ring (bicyclic) bond motifs is 1. The van der Waals surface area contributed by atoms with E-state index in [2.05, 4.69) is 20.9 Å². The number of aromatic nitrogens is 1. The Morgan fingerprint density at radius 3 is 3.00 bits per heavy atom. The van der Waals surface area contributed by atoms with Crippen LogP contribution in [0.1, 0.15) is 10.7 Å². The Morgan fingerprint density at radius 2 is 2.36 bits per heavy atom. The number of hydrogen-bond acceptors (Lipinski definition) is 4.